The summed E-state index contributed by atoms with van der Waals surface area (Å²) < 4.78 is 4.99. The molecule has 0 saturated carbocycles. The van der Waals surface area contributed by atoms with Gasteiger partial charge in [-0.3, -0.25) is 0 Å². The first kappa shape index (κ1) is 12.5. The Morgan fingerprint density at radius 3 is 2.56 bits per heavy atom. The summed E-state index contributed by atoms with van der Waals surface area (Å²) in [7, 11) is 1.69. The molecule has 0 radical (unpaired) electrons. The molecule has 0 amide bonds. The number of aryl methyl sites for hydroxylation is 1. The SMILES string of the molecule is C=C/C=C(\C=C/COC)c1ccc(C)cc1. The molecule has 0 unspecified atom stereocenters. The molecule has 1 heteroatoms. The molecule has 0 aliphatic carbocycles. The summed E-state index contributed by atoms with van der Waals surface area (Å²) in [5.41, 5.74) is 3.60. The largest absolute Gasteiger partial charge is 0.381 e. The van der Waals surface area contributed by atoms with Crippen LogP contribution in [0.5, 0.6) is 0 Å². The lowest BCUT2D eigenvalue weighted by atomic mass is 10.0. The van der Waals surface area contributed by atoms with Gasteiger partial charge in [-0.25, -0.2) is 0 Å². The average Bonchev–Trinajstić information content (AvgIpc) is 2.29. The highest BCUT2D eigenvalue weighted by atomic mass is 16.5. The Kier molecular flexibility index (Phi) is 5.30. The van der Waals surface area contributed by atoms with E-state index < -0.39 is 0 Å². The first-order valence-electron chi connectivity index (χ1n) is 5.33. The van der Waals surface area contributed by atoms with Crippen molar-refractivity contribution in [3.8, 4) is 0 Å². The molecule has 84 valence electrons. The van der Waals surface area contributed by atoms with Crippen LogP contribution in [0.1, 0.15) is 11.1 Å². The molecule has 0 aromatic heterocycles. The van der Waals surface area contributed by atoms with E-state index in [-0.39, 0.29) is 0 Å². The second-order valence-corrected chi connectivity index (χ2v) is 3.58. The Morgan fingerprint density at radius 1 is 1.31 bits per heavy atom. The zero-order valence-electron chi connectivity index (χ0n) is 9.94. The summed E-state index contributed by atoms with van der Waals surface area (Å²) >= 11 is 0. The normalized spacial score (nSPS) is 12.0. The molecule has 1 aromatic carbocycles. The highest BCUT2D eigenvalue weighted by Crippen LogP contribution is 2.16. The third kappa shape index (κ3) is 3.87. The van der Waals surface area contributed by atoms with Crippen molar-refractivity contribution in [2.45, 2.75) is 6.92 Å². The van der Waals surface area contributed by atoms with E-state index in [0.717, 1.165) is 5.57 Å². The maximum absolute atomic E-state index is 4.99. The quantitative estimate of drug-likeness (QED) is 0.678. The first-order valence-corrected chi connectivity index (χ1v) is 5.33. The number of hydrogen-bond donors (Lipinski definition) is 0. The van der Waals surface area contributed by atoms with E-state index in [0.29, 0.717) is 6.61 Å². The van der Waals surface area contributed by atoms with E-state index in [9.17, 15) is 0 Å². The summed E-state index contributed by atoms with van der Waals surface area (Å²) in [6.45, 7) is 6.44. The fourth-order valence-corrected chi connectivity index (χ4v) is 1.39. The molecule has 0 aliphatic heterocycles. The number of ether oxygens (including phenoxy) is 1. The first-order chi connectivity index (χ1) is 7.77. The lowest BCUT2D eigenvalue weighted by molar-refractivity contribution is 0.234. The van der Waals surface area contributed by atoms with E-state index in [1.165, 1.54) is 11.1 Å². The van der Waals surface area contributed by atoms with Crippen molar-refractivity contribution in [2.24, 2.45) is 0 Å². The zero-order valence-corrected chi connectivity index (χ0v) is 9.94. The minimum Gasteiger partial charge on any atom is -0.381 e. The molecule has 1 nitrogen and oxygen atoms in total. The predicted molar refractivity (Wildman–Crippen MR) is 70.4 cm³/mol. The van der Waals surface area contributed by atoms with Crippen molar-refractivity contribution < 1.29 is 4.74 Å². The van der Waals surface area contributed by atoms with Crippen LogP contribution in [0.2, 0.25) is 0 Å². The van der Waals surface area contributed by atoms with Crippen LogP contribution < -0.4 is 0 Å². The second kappa shape index (κ2) is 6.81. The number of rotatable bonds is 5. The van der Waals surface area contributed by atoms with Crippen molar-refractivity contribution in [2.75, 3.05) is 13.7 Å². The van der Waals surface area contributed by atoms with Crippen molar-refractivity contribution in [3.63, 3.8) is 0 Å². The molecule has 0 heterocycles. The number of methoxy groups -OCH3 is 1. The Bertz CT molecular complexity index is 382. The number of benzene rings is 1. The van der Waals surface area contributed by atoms with Crippen LogP contribution in [-0.2, 0) is 4.74 Å². The average molecular weight is 214 g/mol. The van der Waals surface area contributed by atoms with Gasteiger partial charge >= 0.3 is 0 Å². The molecule has 0 spiro atoms. The topological polar surface area (TPSA) is 9.23 Å². The van der Waals surface area contributed by atoms with E-state index in [1.54, 1.807) is 13.2 Å². The van der Waals surface area contributed by atoms with Gasteiger partial charge in [0.25, 0.3) is 0 Å². The minimum absolute atomic E-state index is 0.625. The Morgan fingerprint density at radius 2 is 2.00 bits per heavy atom. The Labute approximate surface area is 97.8 Å². The lowest BCUT2D eigenvalue weighted by Gasteiger charge is -2.02. The monoisotopic (exact) mass is 214 g/mol. The molecule has 0 fully saturated rings. The smallest absolute Gasteiger partial charge is 0.0646 e. The number of allylic oxidation sites excluding steroid dienone is 4. The lowest BCUT2D eigenvalue weighted by Crippen LogP contribution is -1.84. The summed E-state index contributed by atoms with van der Waals surface area (Å²) in [5.74, 6) is 0. The third-order valence-electron chi connectivity index (χ3n) is 2.24. The van der Waals surface area contributed by atoms with Gasteiger partial charge < -0.3 is 4.74 Å². The molecular formula is C15H18O. The van der Waals surface area contributed by atoms with Crippen LogP contribution in [0, 0.1) is 6.92 Å². The van der Waals surface area contributed by atoms with Crippen molar-refractivity contribution in [1.29, 1.82) is 0 Å². The standard InChI is InChI=1S/C15H18O/c1-4-6-14(7-5-12-16-3)15-10-8-13(2)9-11-15/h4-11H,1,12H2,2-3H3/b7-5-,14-6+. The van der Waals surface area contributed by atoms with Crippen LogP contribution in [0.15, 0.2) is 55.1 Å². The highest BCUT2D eigenvalue weighted by molar-refractivity contribution is 5.75. The molecular weight excluding hydrogens is 196 g/mol. The molecule has 0 N–H and O–H groups in total. The Balaban J connectivity index is 2.90. The minimum atomic E-state index is 0.625. The van der Waals surface area contributed by atoms with Crippen molar-refractivity contribution >= 4 is 5.57 Å². The van der Waals surface area contributed by atoms with E-state index >= 15 is 0 Å². The predicted octanol–water partition coefficient (Wildman–Crippen LogP) is 3.77. The molecule has 1 aromatic rings. The maximum Gasteiger partial charge on any atom is 0.0646 e. The molecule has 0 saturated heterocycles. The summed E-state index contributed by atoms with van der Waals surface area (Å²) in [4.78, 5) is 0. The van der Waals surface area contributed by atoms with Gasteiger partial charge in [0.1, 0.15) is 0 Å². The molecule has 1 rings (SSSR count). The van der Waals surface area contributed by atoms with Gasteiger partial charge in [0.15, 0.2) is 0 Å². The summed E-state index contributed by atoms with van der Waals surface area (Å²) in [6.07, 6.45) is 7.84. The van der Waals surface area contributed by atoms with Gasteiger partial charge in [-0.2, -0.15) is 0 Å². The number of hydrogen-bond acceptors (Lipinski definition) is 1. The molecule has 16 heavy (non-hydrogen) atoms. The van der Waals surface area contributed by atoms with Gasteiger partial charge in [-0.05, 0) is 18.1 Å². The third-order valence-corrected chi connectivity index (χ3v) is 2.24. The van der Waals surface area contributed by atoms with E-state index in [4.69, 9.17) is 4.74 Å². The maximum atomic E-state index is 4.99. The van der Waals surface area contributed by atoms with Crippen molar-refractivity contribution in [1.82, 2.24) is 0 Å². The zero-order chi connectivity index (χ0) is 11.8. The molecule has 0 bridgehead atoms. The molecule has 0 atom stereocenters. The van der Waals surface area contributed by atoms with Gasteiger partial charge in [0.2, 0.25) is 0 Å². The summed E-state index contributed by atoms with van der Waals surface area (Å²) in [6, 6.07) is 8.44. The van der Waals surface area contributed by atoms with Crippen LogP contribution >= 0.6 is 0 Å². The fraction of sp³-hybridized carbons (Fsp3) is 0.200. The van der Waals surface area contributed by atoms with E-state index in [1.807, 2.05) is 12.2 Å². The fourth-order valence-electron chi connectivity index (χ4n) is 1.39. The van der Waals surface area contributed by atoms with Gasteiger partial charge in [0.05, 0.1) is 6.61 Å². The van der Waals surface area contributed by atoms with E-state index in [2.05, 4.69) is 43.8 Å². The van der Waals surface area contributed by atoms with Crippen LogP contribution in [0.3, 0.4) is 0 Å². The van der Waals surface area contributed by atoms with Gasteiger partial charge in [0, 0.05) is 7.11 Å². The Hall–Kier alpha value is -1.60. The summed E-state index contributed by atoms with van der Waals surface area (Å²) in [5, 5.41) is 0. The van der Waals surface area contributed by atoms with Gasteiger partial charge in [-0.15, -0.1) is 0 Å². The highest BCUT2D eigenvalue weighted by Gasteiger charge is 1.95. The molecule has 0 aliphatic rings. The van der Waals surface area contributed by atoms with Crippen LogP contribution in [0.4, 0.5) is 0 Å². The van der Waals surface area contributed by atoms with Crippen LogP contribution in [0.25, 0.3) is 5.57 Å². The second-order valence-electron chi connectivity index (χ2n) is 3.58. The van der Waals surface area contributed by atoms with Crippen molar-refractivity contribution in [3.05, 3.63) is 66.3 Å². The van der Waals surface area contributed by atoms with Gasteiger partial charge in [-0.1, -0.05) is 60.7 Å². The van der Waals surface area contributed by atoms with Crippen LogP contribution in [-0.4, -0.2) is 13.7 Å².